The van der Waals surface area contributed by atoms with Gasteiger partial charge < -0.3 is 15.7 Å². The summed E-state index contributed by atoms with van der Waals surface area (Å²) in [6.07, 6.45) is 2.64. The van der Waals surface area contributed by atoms with Crippen LogP contribution in [0.4, 0.5) is 10.2 Å². The number of phenolic OH excluding ortho intramolecular Hbond substituents is 1. The third-order valence-corrected chi connectivity index (χ3v) is 5.69. The monoisotopic (exact) mass is 430 g/mol. The Morgan fingerprint density at radius 2 is 2.06 bits per heavy atom. The van der Waals surface area contributed by atoms with Gasteiger partial charge in [-0.1, -0.05) is 30.8 Å². The lowest BCUT2D eigenvalue weighted by molar-refractivity contribution is -0.127. The maximum Gasteiger partial charge on any atom is 0.246 e. The molecule has 1 aliphatic heterocycles. The Bertz CT molecular complexity index is 1380. The first-order valence-electron chi connectivity index (χ1n) is 9.94. The van der Waals surface area contributed by atoms with E-state index in [2.05, 4.69) is 16.5 Å². The number of benzene rings is 2. The van der Waals surface area contributed by atoms with E-state index in [1.54, 1.807) is 9.58 Å². The van der Waals surface area contributed by atoms with Gasteiger partial charge in [-0.15, -0.1) is 0 Å². The van der Waals surface area contributed by atoms with Crippen LogP contribution in [-0.2, 0) is 11.3 Å². The molecule has 0 radical (unpaired) electrons. The number of aromatic hydroxyl groups is 1. The van der Waals surface area contributed by atoms with Gasteiger partial charge in [0.25, 0.3) is 0 Å². The van der Waals surface area contributed by atoms with Crippen molar-refractivity contribution in [1.82, 2.24) is 24.6 Å². The SMILES string of the molecule is C=CC(=O)N1Cc2ccccc2C(n2nc(-c3ccc(F)c(O)c3)c3c(N)ncnc32)C1. The Morgan fingerprint density at radius 3 is 2.84 bits per heavy atom. The van der Waals surface area contributed by atoms with Crippen molar-refractivity contribution in [1.29, 1.82) is 0 Å². The number of rotatable bonds is 3. The lowest BCUT2D eigenvalue weighted by atomic mass is 9.95. The average molecular weight is 430 g/mol. The number of aromatic nitrogens is 4. The summed E-state index contributed by atoms with van der Waals surface area (Å²) in [5.41, 5.74) is 9.54. The highest BCUT2D eigenvalue weighted by molar-refractivity contribution is 5.98. The molecule has 9 heteroatoms. The number of carbonyl (C=O) groups excluding carboxylic acids is 1. The molecule has 32 heavy (non-hydrogen) atoms. The second-order valence-corrected chi connectivity index (χ2v) is 7.55. The predicted molar refractivity (Wildman–Crippen MR) is 117 cm³/mol. The molecule has 160 valence electrons. The van der Waals surface area contributed by atoms with E-state index in [1.807, 2.05) is 24.3 Å². The second kappa shape index (κ2) is 7.45. The molecule has 1 atom stereocenters. The molecule has 4 aromatic rings. The van der Waals surface area contributed by atoms with E-state index in [-0.39, 0.29) is 17.8 Å². The van der Waals surface area contributed by atoms with Crippen molar-refractivity contribution in [3.63, 3.8) is 0 Å². The zero-order valence-electron chi connectivity index (χ0n) is 16.9. The van der Waals surface area contributed by atoms with Crippen molar-refractivity contribution < 1.29 is 14.3 Å². The number of nitrogen functional groups attached to an aromatic ring is 1. The molecule has 0 fully saturated rings. The summed E-state index contributed by atoms with van der Waals surface area (Å²) in [5.74, 6) is -1.20. The van der Waals surface area contributed by atoms with Crippen LogP contribution in [0.15, 0.2) is 61.4 Å². The predicted octanol–water partition coefficient (Wildman–Crippen LogP) is 3.04. The Labute approximate surface area is 182 Å². The minimum Gasteiger partial charge on any atom is -0.505 e. The molecule has 0 bridgehead atoms. The summed E-state index contributed by atoms with van der Waals surface area (Å²) in [6.45, 7) is 4.43. The van der Waals surface area contributed by atoms with Gasteiger partial charge in [0.15, 0.2) is 17.2 Å². The van der Waals surface area contributed by atoms with Crippen LogP contribution in [-0.4, -0.2) is 42.2 Å². The maximum atomic E-state index is 13.7. The van der Waals surface area contributed by atoms with Gasteiger partial charge in [0.1, 0.15) is 17.8 Å². The van der Waals surface area contributed by atoms with E-state index < -0.39 is 11.6 Å². The molecule has 1 unspecified atom stereocenters. The zero-order chi connectivity index (χ0) is 22.4. The molecular formula is C23H19FN6O2. The van der Waals surface area contributed by atoms with Gasteiger partial charge >= 0.3 is 0 Å². The second-order valence-electron chi connectivity index (χ2n) is 7.55. The molecule has 0 spiro atoms. The number of nitrogens with zero attached hydrogens (tertiary/aromatic N) is 5. The summed E-state index contributed by atoms with van der Waals surface area (Å²) >= 11 is 0. The molecule has 5 rings (SSSR count). The van der Waals surface area contributed by atoms with Crippen LogP contribution in [0.2, 0.25) is 0 Å². The number of halogens is 1. The van der Waals surface area contributed by atoms with E-state index in [4.69, 9.17) is 10.8 Å². The Hall–Kier alpha value is -4.27. The quantitative estimate of drug-likeness (QED) is 0.484. The number of anilines is 1. The van der Waals surface area contributed by atoms with Gasteiger partial charge in [-0.25, -0.2) is 19.0 Å². The Balaban J connectivity index is 1.74. The van der Waals surface area contributed by atoms with Gasteiger partial charge in [-0.3, -0.25) is 4.79 Å². The molecule has 2 aromatic carbocycles. The maximum absolute atomic E-state index is 13.7. The highest BCUT2D eigenvalue weighted by Crippen LogP contribution is 2.37. The van der Waals surface area contributed by atoms with Crippen molar-refractivity contribution in [2.24, 2.45) is 0 Å². The average Bonchev–Trinajstić information content (AvgIpc) is 3.20. The molecular weight excluding hydrogens is 411 g/mol. The minimum atomic E-state index is -0.735. The van der Waals surface area contributed by atoms with E-state index in [9.17, 15) is 14.3 Å². The summed E-state index contributed by atoms with van der Waals surface area (Å²) in [6, 6.07) is 11.4. The van der Waals surface area contributed by atoms with Crippen LogP contribution in [0, 0.1) is 5.82 Å². The smallest absolute Gasteiger partial charge is 0.246 e. The number of amides is 1. The molecule has 8 nitrogen and oxygen atoms in total. The number of hydrogen-bond acceptors (Lipinski definition) is 6. The third kappa shape index (κ3) is 3.06. The zero-order valence-corrected chi connectivity index (χ0v) is 16.9. The van der Waals surface area contributed by atoms with Gasteiger partial charge in [0.05, 0.1) is 11.4 Å². The van der Waals surface area contributed by atoms with Gasteiger partial charge in [0.2, 0.25) is 5.91 Å². The number of nitrogens with two attached hydrogens (primary N) is 1. The summed E-state index contributed by atoms with van der Waals surface area (Å²) < 4.78 is 15.4. The molecule has 0 aliphatic carbocycles. The van der Waals surface area contributed by atoms with Crippen molar-refractivity contribution in [3.8, 4) is 17.0 Å². The van der Waals surface area contributed by atoms with Crippen LogP contribution in [0.25, 0.3) is 22.3 Å². The standard InChI is InChI=1S/C23H19FN6O2/c1-2-19(32)29-10-14-5-3-4-6-15(14)17(11-29)30-23-20(22(25)26-12-27-23)21(28-30)13-7-8-16(24)18(31)9-13/h2-9,12,17,31H,1,10-11H2,(H2,25,26,27). The molecule has 1 aliphatic rings. The lowest BCUT2D eigenvalue weighted by Gasteiger charge is -2.34. The highest BCUT2D eigenvalue weighted by Gasteiger charge is 2.31. The molecule has 0 saturated heterocycles. The van der Waals surface area contributed by atoms with Crippen molar-refractivity contribution in [2.45, 2.75) is 12.6 Å². The molecule has 3 N–H and O–H groups in total. The normalized spacial score (nSPS) is 15.5. The van der Waals surface area contributed by atoms with Crippen LogP contribution in [0.1, 0.15) is 17.2 Å². The van der Waals surface area contributed by atoms with Gasteiger partial charge in [-0.2, -0.15) is 5.10 Å². The fourth-order valence-corrected chi connectivity index (χ4v) is 4.16. The first-order chi connectivity index (χ1) is 15.5. The van der Waals surface area contributed by atoms with E-state index in [0.717, 1.165) is 17.2 Å². The number of phenols is 1. The molecule has 0 saturated carbocycles. The van der Waals surface area contributed by atoms with Gasteiger partial charge in [0, 0.05) is 18.7 Å². The summed E-state index contributed by atoms with van der Waals surface area (Å²) in [7, 11) is 0. The Morgan fingerprint density at radius 1 is 1.25 bits per heavy atom. The van der Waals surface area contributed by atoms with Crippen LogP contribution >= 0.6 is 0 Å². The number of hydrogen-bond donors (Lipinski definition) is 2. The summed E-state index contributed by atoms with van der Waals surface area (Å²) in [4.78, 5) is 22.6. The molecule has 2 aromatic heterocycles. The highest BCUT2D eigenvalue weighted by atomic mass is 19.1. The number of fused-ring (bicyclic) bond motifs is 2. The first kappa shape index (κ1) is 19.7. The van der Waals surface area contributed by atoms with Crippen molar-refractivity contribution in [3.05, 3.63) is 78.4 Å². The first-order valence-corrected chi connectivity index (χ1v) is 9.94. The van der Waals surface area contributed by atoms with Gasteiger partial charge in [-0.05, 0) is 35.4 Å². The van der Waals surface area contributed by atoms with E-state index >= 15 is 0 Å². The van der Waals surface area contributed by atoms with Crippen molar-refractivity contribution in [2.75, 3.05) is 12.3 Å². The van der Waals surface area contributed by atoms with Crippen LogP contribution in [0.5, 0.6) is 5.75 Å². The minimum absolute atomic E-state index is 0.182. The van der Waals surface area contributed by atoms with Crippen molar-refractivity contribution >= 4 is 22.8 Å². The van der Waals surface area contributed by atoms with Crippen LogP contribution in [0.3, 0.4) is 0 Å². The molecule has 1 amide bonds. The summed E-state index contributed by atoms with van der Waals surface area (Å²) in [5, 5.41) is 15.1. The Kier molecular flexibility index (Phi) is 4.58. The number of carbonyl (C=O) groups is 1. The lowest BCUT2D eigenvalue weighted by Crippen LogP contribution is -2.39. The van der Waals surface area contributed by atoms with E-state index in [0.29, 0.717) is 35.4 Å². The van der Waals surface area contributed by atoms with E-state index in [1.165, 1.54) is 24.5 Å². The van der Waals surface area contributed by atoms with Crippen LogP contribution < -0.4 is 5.73 Å². The topological polar surface area (TPSA) is 110 Å². The third-order valence-electron chi connectivity index (χ3n) is 5.69. The largest absolute Gasteiger partial charge is 0.505 e. The fourth-order valence-electron chi connectivity index (χ4n) is 4.16. The molecule has 3 heterocycles. The fraction of sp³-hybridized carbons (Fsp3) is 0.130.